The third-order valence-corrected chi connectivity index (χ3v) is 6.55. The zero-order valence-electron chi connectivity index (χ0n) is 19.7. The molecule has 1 aromatic carbocycles. The lowest BCUT2D eigenvalue weighted by molar-refractivity contribution is -0.133. The van der Waals surface area contributed by atoms with Gasteiger partial charge in [0.25, 0.3) is 5.91 Å². The lowest BCUT2D eigenvalue weighted by atomic mass is 9.93. The molecule has 0 unspecified atom stereocenters. The van der Waals surface area contributed by atoms with Crippen LogP contribution in [0.25, 0.3) is 11.5 Å². The van der Waals surface area contributed by atoms with Crippen molar-refractivity contribution in [3.8, 4) is 23.0 Å². The molecule has 0 spiro atoms. The van der Waals surface area contributed by atoms with Crippen molar-refractivity contribution >= 4 is 11.8 Å². The Morgan fingerprint density at radius 2 is 1.91 bits per heavy atom. The van der Waals surface area contributed by atoms with Crippen LogP contribution in [0.4, 0.5) is 0 Å². The molecule has 2 amide bonds. The first-order valence-electron chi connectivity index (χ1n) is 11.6. The fourth-order valence-electron chi connectivity index (χ4n) is 4.55. The summed E-state index contributed by atoms with van der Waals surface area (Å²) in [5, 5.41) is 3.07. The van der Waals surface area contributed by atoms with Gasteiger partial charge in [0.2, 0.25) is 12.7 Å². The summed E-state index contributed by atoms with van der Waals surface area (Å²) in [4.78, 5) is 29.0. The molecule has 34 heavy (non-hydrogen) atoms. The van der Waals surface area contributed by atoms with Crippen molar-refractivity contribution in [2.75, 3.05) is 13.3 Å². The molecular formula is C26H29N3O5. The van der Waals surface area contributed by atoms with Crippen molar-refractivity contribution in [2.45, 2.75) is 45.8 Å². The Hall–Kier alpha value is -3.68. The molecule has 0 bridgehead atoms. The van der Waals surface area contributed by atoms with E-state index in [0.717, 1.165) is 17.7 Å². The SMILES string of the molecule is CC(C)CCNC(=O)[C@@]1(C)Cn2c(ccc2-c2ccco2)C(=O)N1Cc1ccc2c(c1)OCO2. The zero-order valence-corrected chi connectivity index (χ0v) is 19.7. The van der Waals surface area contributed by atoms with Crippen LogP contribution < -0.4 is 14.8 Å². The highest BCUT2D eigenvalue weighted by Gasteiger charge is 2.47. The largest absolute Gasteiger partial charge is 0.463 e. The van der Waals surface area contributed by atoms with Gasteiger partial charge < -0.3 is 28.7 Å². The highest BCUT2D eigenvalue weighted by Crippen LogP contribution is 2.37. The van der Waals surface area contributed by atoms with Crippen LogP contribution in [0.15, 0.2) is 53.1 Å². The highest BCUT2D eigenvalue weighted by atomic mass is 16.7. The van der Waals surface area contributed by atoms with Gasteiger partial charge in [-0.2, -0.15) is 0 Å². The number of ether oxygens (including phenoxy) is 2. The highest BCUT2D eigenvalue weighted by molar-refractivity contribution is 6.00. The molecule has 1 N–H and O–H groups in total. The van der Waals surface area contributed by atoms with Crippen molar-refractivity contribution in [1.82, 2.24) is 14.8 Å². The van der Waals surface area contributed by atoms with Crippen LogP contribution in [-0.4, -0.2) is 40.2 Å². The number of aromatic nitrogens is 1. The average Bonchev–Trinajstić information content (AvgIpc) is 3.56. The van der Waals surface area contributed by atoms with Crippen LogP contribution in [0.1, 0.15) is 43.2 Å². The van der Waals surface area contributed by atoms with E-state index in [1.165, 1.54) is 0 Å². The Morgan fingerprint density at radius 1 is 1.12 bits per heavy atom. The van der Waals surface area contributed by atoms with Crippen molar-refractivity contribution in [3.05, 3.63) is 60.0 Å². The standard InChI is InChI=1S/C26H29N3O5/c1-17(2)10-11-27-25(31)26(3)15-28-19(21-5-4-12-32-21)7-8-20(28)24(30)29(26)14-18-6-9-22-23(13-18)34-16-33-22/h4-9,12-13,17H,10-11,14-16H2,1-3H3,(H,27,31)/t26-/m1/s1. The van der Waals surface area contributed by atoms with Crippen LogP contribution in [-0.2, 0) is 17.9 Å². The first kappa shape index (κ1) is 22.1. The maximum absolute atomic E-state index is 13.8. The zero-order chi connectivity index (χ0) is 23.9. The Morgan fingerprint density at radius 3 is 2.68 bits per heavy atom. The molecule has 4 heterocycles. The molecule has 2 aliphatic rings. The van der Waals surface area contributed by atoms with Gasteiger partial charge in [-0.1, -0.05) is 19.9 Å². The van der Waals surface area contributed by atoms with E-state index in [2.05, 4.69) is 19.2 Å². The summed E-state index contributed by atoms with van der Waals surface area (Å²) in [6.45, 7) is 7.39. The number of hydrogen-bond donors (Lipinski definition) is 1. The van der Waals surface area contributed by atoms with Crippen molar-refractivity contribution < 1.29 is 23.5 Å². The molecule has 5 rings (SSSR count). The number of carbonyl (C=O) groups is 2. The number of benzene rings is 1. The maximum Gasteiger partial charge on any atom is 0.271 e. The van der Waals surface area contributed by atoms with E-state index in [1.54, 1.807) is 17.2 Å². The lowest BCUT2D eigenvalue weighted by Crippen LogP contribution is -2.63. The minimum Gasteiger partial charge on any atom is -0.463 e. The van der Waals surface area contributed by atoms with Gasteiger partial charge in [0.05, 0.1) is 18.5 Å². The Bertz CT molecular complexity index is 1210. The third kappa shape index (κ3) is 3.83. The summed E-state index contributed by atoms with van der Waals surface area (Å²) in [6, 6.07) is 12.9. The molecule has 1 atom stereocenters. The predicted octanol–water partition coefficient (Wildman–Crippen LogP) is 4.05. The van der Waals surface area contributed by atoms with E-state index < -0.39 is 5.54 Å². The van der Waals surface area contributed by atoms with Crippen LogP contribution >= 0.6 is 0 Å². The van der Waals surface area contributed by atoms with E-state index in [4.69, 9.17) is 13.9 Å². The summed E-state index contributed by atoms with van der Waals surface area (Å²) < 4.78 is 18.4. The summed E-state index contributed by atoms with van der Waals surface area (Å²) >= 11 is 0. The number of rotatable bonds is 7. The van der Waals surface area contributed by atoms with Gasteiger partial charge in [-0.3, -0.25) is 9.59 Å². The number of hydrogen-bond acceptors (Lipinski definition) is 5. The summed E-state index contributed by atoms with van der Waals surface area (Å²) in [5.41, 5.74) is 1.07. The maximum atomic E-state index is 13.8. The monoisotopic (exact) mass is 463 g/mol. The Kier molecular flexibility index (Phi) is 5.59. The molecule has 0 saturated heterocycles. The number of furan rings is 1. The fourth-order valence-corrected chi connectivity index (χ4v) is 4.55. The average molecular weight is 464 g/mol. The second kappa shape index (κ2) is 8.59. The van der Waals surface area contributed by atoms with Crippen LogP contribution in [0, 0.1) is 5.92 Å². The predicted molar refractivity (Wildman–Crippen MR) is 125 cm³/mol. The van der Waals surface area contributed by atoms with Crippen LogP contribution in [0.2, 0.25) is 0 Å². The van der Waals surface area contributed by atoms with Crippen LogP contribution in [0.3, 0.4) is 0 Å². The van der Waals surface area contributed by atoms with Crippen LogP contribution in [0.5, 0.6) is 11.5 Å². The number of nitrogens with zero attached hydrogens (tertiary/aromatic N) is 2. The number of amides is 2. The van der Waals surface area contributed by atoms with Crippen molar-refractivity contribution in [3.63, 3.8) is 0 Å². The van der Waals surface area contributed by atoms with Gasteiger partial charge >= 0.3 is 0 Å². The first-order chi connectivity index (χ1) is 16.4. The van der Waals surface area contributed by atoms with Gasteiger partial charge in [0.1, 0.15) is 17.0 Å². The van der Waals surface area contributed by atoms with Crippen molar-refractivity contribution in [1.29, 1.82) is 0 Å². The molecule has 0 radical (unpaired) electrons. The van der Waals surface area contributed by atoms with E-state index in [1.807, 2.05) is 47.9 Å². The van der Waals surface area contributed by atoms with Gasteiger partial charge in [0.15, 0.2) is 11.5 Å². The molecule has 8 nitrogen and oxygen atoms in total. The van der Waals surface area contributed by atoms with Gasteiger partial charge in [0, 0.05) is 13.1 Å². The Labute approximate surface area is 198 Å². The third-order valence-electron chi connectivity index (χ3n) is 6.55. The van der Waals surface area contributed by atoms with Gasteiger partial charge in [-0.15, -0.1) is 0 Å². The summed E-state index contributed by atoms with van der Waals surface area (Å²) in [6.07, 6.45) is 2.47. The van der Waals surface area contributed by atoms with Gasteiger partial charge in [-0.05, 0) is 61.2 Å². The van der Waals surface area contributed by atoms with E-state index in [0.29, 0.717) is 42.0 Å². The second-order valence-corrected chi connectivity index (χ2v) is 9.46. The Balaban J connectivity index is 1.51. The van der Waals surface area contributed by atoms with E-state index in [-0.39, 0.29) is 25.2 Å². The second-order valence-electron chi connectivity index (χ2n) is 9.46. The van der Waals surface area contributed by atoms with Gasteiger partial charge in [-0.25, -0.2) is 0 Å². The van der Waals surface area contributed by atoms with E-state index in [9.17, 15) is 9.59 Å². The molecule has 2 aromatic heterocycles. The smallest absolute Gasteiger partial charge is 0.271 e. The normalized spacial score (nSPS) is 18.9. The number of nitrogens with one attached hydrogen (secondary N) is 1. The summed E-state index contributed by atoms with van der Waals surface area (Å²) in [5.74, 6) is 2.07. The fraction of sp³-hybridized carbons (Fsp3) is 0.385. The molecule has 0 fully saturated rings. The minimum atomic E-state index is -1.10. The molecule has 3 aromatic rings. The molecule has 0 saturated carbocycles. The number of fused-ring (bicyclic) bond motifs is 2. The summed E-state index contributed by atoms with van der Waals surface area (Å²) in [7, 11) is 0. The minimum absolute atomic E-state index is 0.174. The molecule has 178 valence electrons. The first-order valence-corrected chi connectivity index (χ1v) is 11.6. The number of carbonyl (C=O) groups excluding carboxylic acids is 2. The quantitative estimate of drug-likeness (QED) is 0.571. The van der Waals surface area contributed by atoms with E-state index >= 15 is 0 Å². The molecule has 8 heteroatoms. The molecule has 0 aliphatic carbocycles. The van der Waals surface area contributed by atoms with Crippen molar-refractivity contribution in [2.24, 2.45) is 5.92 Å². The topological polar surface area (TPSA) is 85.9 Å². The lowest BCUT2D eigenvalue weighted by Gasteiger charge is -2.44. The molecule has 2 aliphatic heterocycles. The molecular weight excluding hydrogens is 434 g/mol.